The molecule has 0 atom stereocenters. The van der Waals surface area contributed by atoms with Crippen LogP contribution >= 0.6 is 27.3 Å². The van der Waals surface area contributed by atoms with Crippen molar-refractivity contribution in [1.82, 2.24) is 0 Å². The molecule has 3 N–H and O–H groups in total. The standard InChI is InChI=1S/C12H11BrF2N2O2S2/c1-6-2-11(20-10(6)5-16)21(18,19)17-12-8(14)3-7(13)4-9(12)15/h2-4,17H,5,16H2,1H3. The molecule has 0 bridgehead atoms. The van der Waals surface area contributed by atoms with E-state index >= 15 is 0 Å². The molecule has 0 spiro atoms. The summed E-state index contributed by atoms with van der Waals surface area (Å²) < 4.78 is 53.8. The summed E-state index contributed by atoms with van der Waals surface area (Å²) in [6.07, 6.45) is 0. The van der Waals surface area contributed by atoms with Crippen LogP contribution < -0.4 is 10.5 Å². The van der Waals surface area contributed by atoms with Crippen molar-refractivity contribution < 1.29 is 17.2 Å². The maximum atomic E-state index is 13.7. The van der Waals surface area contributed by atoms with Crippen LogP contribution in [0.15, 0.2) is 26.9 Å². The smallest absolute Gasteiger partial charge is 0.271 e. The minimum absolute atomic E-state index is 0.0397. The summed E-state index contributed by atoms with van der Waals surface area (Å²) in [4.78, 5) is 0.701. The van der Waals surface area contributed by atoms with Crippen LogP contribution in [0.1, 0.15) is 10.4 Å². The van der Waals surface area contributed by atoms with Crippen LogP contribution in [0.2, 0.25) is 0 Å². The van der Waals surface area contributed by atoms with Gasteiger partial charge >= 0.3 is 0 Å². The second kappa shape index (κ2) is 5.99. The van der Waals surface area contributed by atoms with E-state index < -0.39 is 27.3 Å². The van der Waals surface area contributed by atoms with E-state index in [0.717, 1.165) is 29.0 Å². The molecular formula is C12H11BrF2N2O2S2. The molecule has 0 saturated heterocycles. The summed E-state index contributed by atoms with van der Waals surface area (Å²) in [7, 11) is -4.07. The van der Waals surface area contributed by atoms with Crippen LogP contribution in [0.3, 0.4) is 0 Å². The normalized spacial score (nSPS) is 11.7. The third-order valence-electron chi connectivity index (χ3n) is 2.69. The van der Waals surface area contributed by atoms with Crippen molar-refractivity contribution in [2.75, 3.05) is 4.72 Å². The Kier molecular flexibility index (Phi) is 4.66. The molecule has 9 heteroatoms. The average Bonchev–Trinajstić information content (AvgIpc) is 2.76. The van der Waals surface area contributed by atoms with Gasteiger partial charge < -0.3 is 5.73 Å². The highest BCUT2D eigenvalue weighted by molar-refractivity contribution is 9.10. The molecule has 0 unspecified atom stereocenters. The number of hydrogen-bond acceptors (Lipinski definition) is 4. The first-order valence-corrected chi connectivity index (χ1v) is 8.80. The zero-order chi connectivity index (χ0) is 15.8. The van der Waals surface area contributed by atoms with Gasteiger partial charge in [-0.15, -0.1) is 11.3 Å². The highest BCUT2D eigenvalue weighted by Crippen LogP contribution is 2.30. The first kappa shape index (κ1) is 16.3. The van der Waals surface area contributed by atoms with Gasteiger partial charge in [0.05, 0.1) is 0 Å². The Bertz CT molecular complexity index is 768. The number of benzene rings is 1. The van der Waals surface area contributed by atoms with E-state index in [0.29, 0.717) is 4.88 Å². The van der Waals surface area contributed by atoms with Gasteiger partial charge in [-0.1, -0.05) is 15.9 Å². The Labute approximate surface area is 133 Å². The highest BCUT2D eigenvalue weighted by atomic mass is 79.9. The maximum absolute atomic E-state index is 13.7. The number of nitrogens with two attached hydrogens (primary N) is 1. The topological polar surface area (TPSA) is 72.2 Å². The van der Waals surface area contributed by atoms with Crippen LogP contribution in [0, 0.1) is 18.6 Å². The third kappa shape index (κ3) is 3.42. The SMILES string of the molecule is Cc1cc(S(=O)(=O)Nc2c(F)cc(Br)cc2F)sc1CN. The molecule has 1 aromatic heterocycles. The molecule has 2 rings (SSSR count). The molecule has 114 valence electrons. The zero-order valence-electron chi connectivity index (χ0n) is 10.8. The first-order valence-electron chi connectivity index (χ1n) is 5.71. The Morgan fingerprint density at radius 2 is 1.86 bits per heavy atom. The predicted octanol–water partition coefficient (Wildman–Crippen LogP) is 3.36. The van der Waals surface area contributed by atoms with Gasteiger partial charge in [0.25, 0.3) is 10.0 Å². The van der Waals surface area contributed by atoms with Gasteiger partial charge in [-0.05, 0) is 30.7 Å². The maximum Gasteiger partial charge on any atom is 0.271 e. The molecule has 1 aromatic carbocycles. The molecular weight excluding hydrogens is 386 g/mol. The molecule has 0 fully saturated rings. The molecule has 4 nitrogen and oxygen atoms in total. The van der Waals surface area contributed by atoms with Gasteiger partial charge in [0, 0.05) is 15.9 Å². The second-order valence-corrected chi connectivity index (χ2v) is 8.19. The largest absolute Gasteiger partial charge is 0.326 e. The van der Waals surface area contributed by atoms with Gasteiger partial charge in [-0.2, -0.15) is 0 Å². The molecule has 21 heavy (non-hydrogen) atoms. The number of nitrogens with one attached hydrogen (secondary N) is 1. The fourth-order valence-corrected chi connectivity index (χ4v) is 4.59. The zero-order valence-corrected chi connectivity index (χ0v) is 14.0. The van der Waals surface area contributed by atoms with Crippen molar-refractivity contribution in [2.24, 2.45) is 5.73 Å². The van der Waals surface area contributed by atoms with E-state index in [1.807, 2.05) is 4.72 Å². The molecule has 0 saturated carbocycles. The number of halogens is 3. The summed E-state index contributed by atoms with van der Waals surface area (Å²) in [5, 5.41) is 0. The van der Waals surface area contributed by atoms with Gasteiger partial charge in [0.1, 0.15) is 9.90 Å². The van der Waals surface area contributed by atoms with Gasteiger partial charge in [0.2, 0.25) is 0 Å². The van der Waals surface area contributed by atoms with Crippen molar-refractivity contribution >= 4 is 43.0 Å². The molecule has 0 aliphatic heterocycles. The van der Waals surface area contributed by atoms with Crippen LogP contribution in [0.5, 0.6) is 0 Å². The first-order chi connectivity index (χ1) is 9.74. The van der Waals surface area contributed by atoms with E-state index in [4.69, 9.17) is 5.73 Å². The van der Waals surface area contributed by atoms with E-state index in [-0.39, 0.29) is 15.2 Å². The predicted molar refractivity (Wildman–Crippen MR) is 81.8 cm³/mol. The molecule has 0 aliphatic rings. The van der Waals surface area contributed by atoms with Crippen LogP contribution in [-0.2, 0) is 16.6 Å². The van der Waals surface area contributed by atoms with Gasteiger partial charge in [-0.3, -0.25) is 4.72 Å². The van der Waals surface area contributed by atoms with Gasteiger partial charge in [0.15, 0.2) is 11.6 Å². The fourth-order valence-electron chi connectivity index (χ4n) is 1.65. The number of thiophene rings is 1. The molecule has 2 aromatic rings. The van der Waals surface area contributed by atoms with Crippen molar-refractivity contribution in [3.05, 3.63) is 44.7 Å². The second-order valence-electron chi connectivity index (χ2n) is 4.23. The van der Waals surface area contributed by atoms with E-state index in [1.54, 1.807) is 6.92 Å². The number of aryl methyl sites for hydroxylation is 1. The van der Waals surface area contributed by atoms with E-state index in [9.17, 15) is 17.2 Å². The average molecular weight is 397 g/mol. The van der Waals surface area contributed by atoms with Gasteiger partial charge in [-0.25, -0.2) is 17.2 Å². The molecule has 0 radical (unpaired) electrons. The van der Waals surface area contributed by atoms with Crippen molar-refractivity contribution in [3.63, 3.8) is 0 Å². The summed E-state index contributed by atoms with van der Waals surface area (Å²) in [5.41, 5.74) is 5.51. The monoisotopic (exact) mass is 396 g/mol. The lowest BCUT2D eigenvalue weighted by molar-refractivity contribution is 0.582. The Hall–Kier alpha value is -1.03. The number of anilines is 1. The molecule has 1 heterocycles. The minimum atomic E-state index is -4.07. The number of hydrogen-bond donors (Lipinski definition) is 2. The number of rotatable bonds is 4. The minimum Gasteiger partial charge on any atom is -0.326 e. The van der Waals surface area contributed by atoms with Crippen molar-refractivity contribution in [3.8, 4) is 0 Å². The third-order valence-corrected chi connectivity index (χ3v) is 6.23. The van der Waals surface area contributed by atoms with Crippen LogP contribution in [0.25, 0.3) is 0 Å². The van der Waals surface area contributed by atoms with Crippen molar-refractivity contribution in [1.29, 1.82) is 0 Å². The lowest BCUT2D eigenvalue weighted by Gasteiger charge is -2.08. The molecule has 0 aliphatic carbocycles. The Morgan fingerprint density at radius 3 is 2.33 bits per heavy atom. The summed E-state index contributed by atoms with van der Waals surface area (Å²) in [6.45, 7) is 1.92. The molecule has 0 amide bonds. The summed E-state index contributed by atoms with van der Waals surface area (Å²) >= 11 is 3.90. The lowest BCUT2D eigenvalue weighted by Crippen LogP contribution is -2.14. The van der Waals surface area contributed by atoms with Crippen molar-refractivity contribution in [2.45, 2.75) is 17.7 Å². The van der Waals surface area contributed by atoms with Crippen LogP contribution in [0.4, 0.5) is 14.5 Å². The Balaban J connectivity index is 2.42. The van der Waals surface area contributed by atoms with E-state index in [2.05, 4.69) is 15.9 Å². The summed E-state index contributed by atoms with van der Waals surface area (Å²) in [6, 6.07) is 3.38. The highest BCUT2D eigenvalue weighted by Gasteiger charge is 2.22. The Morgan fingerprint density at radius 1 is 1.29 bits per heavy atom. The lowest BCUT2D eigenvalue weighted by atomic mass is 10.3. The van der Waals surface area contributed by atoms with Crippen LogP contribution in [-0.4, -0.2) is 8.42 Å². The summed E-state index contributed by atoms with van der Waals surface area (Å²) in [5.74, 6) is -2.00. The fraction of sp³-hybridized carbons (Fsp3) is 0.167. The van der Waals surface area contributed by atoms with E-state index in [1.165, 1.54) is 6.07 Å². The quantitative estimate of drug-likeness (QED) is 0.831. The number of sulfonamides is 1.